The summed E-state index contributed by atoms with van der Waals surface area (Å²) in [6.45, 7) is 3.92. The van der Waals surface area contributed by atoms with E-state index in [2.05, 4.69) is 21.7 Å². The van der Waals surface area contributed by atoms with Crippen molar-refractivity contribution in [3.8, 4) is 10.6 Å². The summed E-state index contributed by atoms with van der Waals surface area (Å²) in [7, 11) is 0. The largest absolute Gasteiger partial charge is 0.339 e. The Kier molecular flexibility index (Phi) is 4.42. The third-order valence-electron chi connectivity index (χ3n) is 6.03. The van der Waals surface area contributed by atoms with E-state index in [1.165, 1.54) is 0 Å². The Balaban J connectivity index is 1.52. The highest BCUT2D eigenvalue weighted by atomic mass is 32.1. The number of hydrogen-bond donors (Lipinski definition) is 1. The lowest BCUT2D eigenvalue weighted by atomic mass is 9.92. The molecule has 0 bridgehead atoms. The fraction of sp³-hybridized carbons (Fsp3) is 0.364. The lowest BCUT2D eigenvalue weighted by molar-refractivity contribution is 0.0760. The Morgan fingerprint density at radius 3 is 2.59 bits per heavy atom. The van der Waals surface area contributed by atoms with Crippen molar-refractivity contribution in [2.24, 2.45) is 11.8 Å². The molecular formula is C22H23N3OS. The van der Waals surface area contributed by atoms with Crippen molar-refractivity contribution >= 4 is 28.1 Å². The van der Waals surface area contributed by atoms with Gasteiger partial charge in [0.2, 0.25) is 0 Å². The summed E-state index contributed by atoms with van der Waals surface area (Å²) in [6.07, 6.45) is 2.20. The number of rotatable bonds is 2. The van der Waals surface area contributed by atoms with Gasteiger partial charge in [0.1, 0.15) is 0 Å². The van der Waals surface area contributed by atoms with Crippen LogP contribution in [-0.4, -0.2) is 42.0 Å². The van der Waals surface area contributed by atoms with E-state index in [1.54, 1.807) is 11.3 Å². The van der Waals surface area contributed by atoms with Gasteiger partial charge < -0.3 is 10.2 Å². The maximum Gasteiger partial charge on any atom is 0.254 e. The molecule has 2 aliphatic rings. The monoisotopic (exact) mass is 377 g/mol. The Labute approximate surface area is 163 Å². The Morgan fingerprint density at radius 2 is 1.85 bits per heavy atom. The zero-order chi connectivity index (χ0) is 18.2. The number of carbonyl (C=O) groups is 1. The van der Waals surface area contributed by atoms with Gasteiger partial charge in [-0.05, 0) is 61.3 Å². The number of hydrogen-bond acceptors (Lipinski definition) is 4. The molecule has 1 N–H and O–H groups in total. The predicted octanol–water partition coefficient (Wildman–Crippen LogP) is 4.03. The van der Waals surface area contributed by atoms with Crippen molar-refractivity contribution in [1.82, 2.24) is 15.2 Å². The van der Waals surface area contributed by atoms with Crippen LogP contribution in [0.4, 0.5) is 0 Å². The molecular weight excluding hydrogens is 354 g/mol. The van der Waals surface area contributed by atoms with Crippen LogP contribution >= 0.6 is 11.3 Å². The summed E-state index contributed by atoms with van der Waals surface area (Å²) in [5, 5.41) is 6.51. The molecule has 5 rings (SSSR count). The van der Waals surface area contributed by atoms with Crippen molar-refractivity contribution in [3.05, 3.63) is 53.4 Å². The molecule has 0 unspecified atom stereocenters. The summed E-state index contributed by atoms with van der Waals surface area (Å²) in [4.78, 5) is 21.5. The normalized spacial score (nSPS) is 22.6. The Bertz CT molecular complexity index is 955. The lowest BCUT2D eigenvalue weighted by Crippen LogP contribution is -2.33. The first kappa shape index (κ1) is 16.9. The highest BCUT2D eigenvalue weighted by molar-refractivity contribution is 7.13. The molecule has 1 amide bonds. The van der Waals surface area contributed by atoms with Crippen LogP contribution in [0.25, 0.3) is 21.5 Å². The number of nitrogens with one attached hydrogen (secondary N) is 1. The van der Waals surface area contributed by atoms with Crippen LogP contribution in [-0.2, 0) is 0 Å². The van der Waals surface area contributed by atoms with Crippen molar-refractivity contribution in [1.29, 1.82) is 0 Å². The average Bonchev–Trinajstić information content (AvgIpc) is 3.36. The highest BCUT2D eigenvalue weighted by Crippen LogP contribution is 2.31. The first-order chi connectivity index (χ1) is 13.3. The van der Waals surface area contributed by atoms with Gasteiger partial charge >= 0.3 is 0 Å². The smallest absolute Gasteiger partial charge is 0.254 e. The number of para-hydroxylation sites is 1. The lowest BCUT2D eigenvalue weighted by Gasteiger charge is -2.22. The quantitative estimate of drug-likeness (QED) is 0.733. The van der Waals surface area contributed by atoms with E-state index in [9.17, 15) is 4.79 Å². The van der Waals surface area contributed by atoms with E-state index < -0.39 is 0 Å². The molecule has 0 saturated carbocycles. The molecule has 0 aliphatic carbocycles. The van der Waals surface area contributed by atoms with E-state index in [1.807, 2.05) is 36.4 Å². The number of thiophene rings is 1. The van der Waals surface area contributed by atoms with Gasteiger partial charge in [0.15, 0.2) is 0 Å². The maximum atomic E-state index is 13.5. The standard InChI is InChI=1S/C22H23N3OS/c26-22(25-9-7-15-13-23-14-16(15)8-10-25)18-12-20(21-6-3-11-27-21)24-19-5-2-1-4-17(18)19/h1-6,11-12,15-16,23H,7-10,13-14H2/t15-,16+. The van der Waals surface area contributed by atoms with Crippen molar-refractivity contribution in [3.63, 3.8) is 0 Å². The van der Waals surface area contributed by atoms with Gasteiger partial charge in [-0.3, -0.25) is 4.79 Å². The average molecular weight is 378 g/mol. The van der Waals surface area contributed by atoms with Crippen LogP contribution < -0.4 is 5.32 Å². The molecule has 1 aromatic carbocycles. The molecule has 2 aliphatic heterocycles. The van der Waals surface area contributed by atoms with Crippen molar-refractivity contribution < 1.29 is 4.79 Å². The van der Waals surface area contributed by atoms with Gasteiger partial charge in [0.25, 0.3) is 5.91 Å². The van der Waals surface area contributed by atoms with Crippen LogP contribution in [0.3, 0.4) is 0 Å². The summed E-state index contributed by atoms with van der Waals surface area (Å²) in [5.74, 6) is 1.59. The van der Waals surface area contributed by atoms with Gasteiger partial charge in [-0.1, -0.05) is 24.3 Å². The molecule has 3 aromatic rings. The molecule has 27 heavy (non-hydrogen) atoms. The highest BCUT2D eigenvalue weighted by Gasteiger charge is 2.32. The molecule has 2 fully saturated rings. The van der Waals surface area contributed by atoms with Gasteiger partial charge in [-0.25, -0.2) is 4.98 Å². The Morgan fingerprint density at radius 1 is 1.07 bits per heavy atom. The molecule has 2 atom stereocenters. The number of carbonyl (C=O) groups excluding carboxylic acids is 1. The van der Waals surface area contributed by atoms with Gasteiger partial charge in [0.05, 0.1) is 21.7 Å². The number of likely N-dealkylation sites (tertiary alicyclic amines) is 1. The second kappa shape index (κ2) is 7.06. The summed E-state index contributed by atoms with van der Waals surface area (Å²) in [5.41, 5.74) is 2.57. The number of aromatic nitrogens is 1. The van der Waals surface area contributed by atoms with Gasteiger partial charge in [0, 0.05) is 18.5 Å². The number of fused-ring (bicyclic) bond motifs is 2. The molecule has 138 valence electrons. The topological polar surface area (TPSA) is 45.2 Å². The molecule has 4 heterocycles. The molecule has 0 radical (unpaired) electrons. The van der Waals surface area contributed by atoms with E-state index in [0.29, 0.717) is 0 Å². The van der Waals surface area contributed by atoms with Gasteiger partial charge in [-0.2, -0.15) is 0 Å². The molecule has 0 spiro atoms. The second-order valence-corrected chi connectivity index (χ2v) is 8.55. The minimum Gasteiger partial charge on any atom is -0.339 e. The summed E-state index contributed by atoms with van der Waals surface area (Å²) >= 11 is 1.66. The van der Waals surface area contributed by atoms with Crippen LogP contribution in [0.15, 0.2) is 47.8 Å². The van der Waals surface area contributed by atoms with E-state index in [0.717, 1.165) is 77.9 Å². The van der Waals surface area contributed by atoms with Crippen LogP contribution in [0.2, 0.25) is 0 Å². The molecule has 2 aromatic heterocycles. The predicted molar refractivity (Wildman–Crippen MR) is 110 cm³/mol. The van der Waals surface area contributed by atoms with Crippen LogP contribution in [0.1, 0.15) is 23.2 Å². The third kappa shape index (κ3) is 3.15. The van der Waals surface area contributed by atoms with E-state index in [-0.39, 0.29) is 5.91 Å². The fourth-order valence-electron chi connectivity index (χ4n) is 4.49. The van der Waals surface area contributed by atoms with Crippen LogP contribution in [0, 0.1) is 11.8 Å². The third-order valence-corrected chi connectivity index (χ3v) is 6.92. The van der Waals surface area contributed by atoms with Gasteiger partial charge in [-0.15, -0.1) is 11.3 Å². The van der Waals surface area contributed by atoms with Crippen molar-refractivity contribution in [2.45, 2.75) is 12.8 Å². The van der Waals surface area contributed by atoms with Crippen LogP contribution in [0.5, 0.6) is 0 Å². The first-order valence-electron chi connectivity index (χ1n) is 9.73. The number of nitrogens with zero attached hydrogens (tertiary/aromatic N) is 2. The van der Waals surface area contributed by atoms with Crippen molar-refractivity contribution in [2.75, 3.05) is 26.2 Å². The minimum absolute atomic E-state index is 0.152. The Hall–Kier alpha value is -2.24. The van der Waals surface area contributed by atoms with E-state index in [4.69, 9.17) is 4.98 Å². The summed E-state index contributed by atoms with van der Waals surface area (Å²) < 4.78 is 0. The maximum absolute atomic E-state index is 13.5. The summed E-state index contributed by atoms with van der Waals surface area (Å²) in [6, 6.07) is 14.1. The zero-order valence-corrected chi connectivity index (χ0v) is 16.0. The second-order valence-electron chi connectivity index (χ2n) is 7.60. The zero-order valence-electron chi connectivity index (χ0n) is 15.2. The minimum atomic E-state index is 0.152. The number of benzene rings is 1. The molecule has 2 saturated heterocycles. The van der Waals surface area contributed by atoms with E-state index >= 15 is 0 Å². The number of amides is 1. The SMILES string of the molecule is O=C(c1cc(-c2cccs2)nc2ccccc12)N1CC[C@@H]2CNC[C@@H]2CC1. The molecule has 4 nitrogen and oxygen atoms in total. The number of pyridine rings is 1. The fourth-order valence-corrected chi connectivity index (χ4v) is 5.18. The first-order valence-corrected chi connectivity index (χ1v) is 10.6. The molecule has 5 heteroatoms.